The van der Waals surface area contributed by atoms with Crippen LogP contribution < -0.4 is 34.7 Å². The van der Waals surface area contributed by atoms with E-state index >= 15 is 0 Å². The van der Waals surface area contributed by atoms with Crippen LogP contribution in [0.5, 0.6) is 0 Å². The third kappa shape index (κ3) is 6.91. The SMILES string of the molecule is O=CCCCCCC(C(=O)[O-])C1CCCCC1.[Na+]. The standard InChI is InChI=1S/C14H24O3.Na/c15-11-7-2-1-6-10-13(14(16)17)12-8-4-3-5-9-12;/h11-13H,1-10H2,(H,16,17);/q;+1/p-1. The zero-order valence-electron chi connectivity index (χ0n) is 11.5. The van der Waals surface area contributed by atoms with Crippen molar-refractivity contribution in [2.45, 2.75) is 64.2 Å². The van der Waals surface area contributed by atoms with Gasteiger partial charge in [0.1, 0.15) is 6.29 Å². The Kier molecular flexibility index (Phi) is 11.1. The van der Waals surface area contributed by atoms with Crippen molar-refractivity contribution < 1.29 is 44.3 Å². The van der Waals surface area contributed by atoms with Crippen molar-refractivity contribution in [1.29, 1.82) is 0 Å². The van der Waals surface area contributed by atoms with Gasteiger partial charge in [0.25, 0.3) is 0 Å². The molecule has 0 N–H and O–H groups in total. The molecule has 1 unspecified atom stereocenters. The number of rotatable bonds is 8. The van der Waals surface area contributed by atoms with Gasteiger partial charge in [0.05, 0.1) is 0 Å². The Morgan fingerprint density at radius 2 is 1.83 bits per heavy atom. The minimum absolute atomic E-state index is 0. The summed E-state index contributed by atoms with van der Waals surface area (Å²) in [6.45, 7) is 0. The van der Waals surface area contributed by atoms with Crippen molar-refractivity contribution in [2.75, 3.05) is 0 Å². The van der Waals surface area contributed by atoms with Crippen molar-refractivity contribution in [1.82, 2.24) is 0 Å². The maximum absolute atomic E-state index is 11.2. The van der Waals surface area contributed by atoms with E-state index in [9.17, 15) is 14.7 Å². The summed E-state index contributed by atoms with van der Waals surface area (Å²) in [5, 5.41) is 11.2. The number of aldehydes is 1. The predicted molar refractivity (Wildman–Crippen MR) is 64.2 cm³/mol. The van der Waals surface area contributed by atoms with Gasteiger partial charge in [-0.2, -0.15) is 0 Å². The van der Waals surface area contributed by atoms with Gasteiger partial charge in [-0.3, -0.25) is 0 Å². The van der Waals surface area contributed by atoms with E-state index in [-0.39, 0.29) is 35.5 Å². The van der Waals surface area contributed by atoms with Gasteiger partial charge < -0.3 is 14.7 Å². The van der Waals surface area contributed by atoms with Gasteiger partial charge in [-0.1, -0.05) is 32.1 Å². The molecule has 1 aliphatic carbocycles. The van der Waals surface area contributed by atoms with Crippen LogP contribution >= 0.6 is 0 Å². The van der Waals surface area contributed by atoms with Crippen LogP contribution in [-0.2, 0) is 9.59 Å². The maximum atomic E-state index is 11.2. The fraction of sp³-hybridized carbons (Fsp3) is 0.857. The van der Waals surface area contributed by atoms with E-state index < -0.39 is 5.97 Å². The molecule has 0 bridgehead atoms. The van der Waals surface area contributed by atoms with Crippen LogP contribution in [-0.4, -0.2) is 12.3 Å². The minimum Gasteiger partial charge on any atom is -0.550 e. The molecule has 3 nitrogen and oxygen atoms in total. The van der Waals surface area contributed by atoms with E-state index in [4.69, 9.17) is 0 Å². The number of hydrogen-bond donors (Lipinski definition) is 0. The number of carbonyl (C=O) groups is 2. The van der Waals surface area contributed by atoms with Gasteiger partial charge in [0, 0.05) is 18.3 Å². The van der Waals surface area contributed by atoms with Gasteiger partial charge in [-0.05, 0) is 31.6 Å². The van der Waals surface area contributed by atoms with Crippen LogP contribution in [0.2, 0.25) is 0 Å². The Morgan fingerprint density at radius 1 is 1.17 bits per heavy atom. The third-order valence-electron chi connectivity index (χ3n) is 3.86. The summed E-state index contributed by atoms with van der Waals surface area (Å²) in [5.74, 6) is -0.793. The number of aliphatic carboxylic acids is 1. The molecular weight excluding hydrogens is 239 g/mol. The van der Waals surface area contributed by atoms with Crippen molar-refractivity contribution in [2.24, 2.45) is 11.8 Å². The van der Waals surface area contributed by atoms with Crippen LogP contribution in [0.15, 0.2) is 0 Å². The first kappa shape index (κ1) is 18.1. The number of unbranched alkanes of at least 4 members (excludes halogenated alkanes) is 3. The Bertz CT molecular complexity index is 237. The fourth-order valence-electron chi connectivity index (χ4n) is 2.85. The molecule has 1 fully saturated rings. The van der Waals surface area contributed by atoms with Gasteiger partial charge in [-0.15, -0.1) is 0 Å². The van der Waals surface area contributed by atoms with Crippen molar-refractivity contribution in [3.8, 4) is 0 Å². The zero-order chi connectivity index (χ0) is 12.5. The van der Waals surface area contributed by atoms with E-state index in [0.717, 1.165) is 44.8 Å². The van der Waals surface area contributed by atoms with Crippen LogP contribution in [0.4, 0.5) is 0 Å². The summed E-state index contributed by atoms with van der Waals surface area (Å²) in [7, 11) is 0. The topological polar surface area (TPSA) is 57.2 Å². The number of hydrogen-bond acceptors (Lipinski definition) is 3. The molecule has 1 rings (SSSR count). The first-order chi connectivity index (χ1) is 8.25. The fourth-order valence-corrected chi connectivity index (χ4v) is 2.85. The molecular formula is C14H23NaO3. The van der Waals surface area contributed by atoms with Gasteiger partial charge in [0.2, 0.25) is 0 Å². The molecule has 0 aromatic heterocycles. The molecule has 0 aliphatic heterocycles. The molecule has 0 heterocycles. The van der Waals surface area contributed by atoms with E-state index in [1.165, 1.54) is 19.3 Å². The number of carboxylic acids is 1. The average molecular weight is 262 g/mol. The number of carboxylic acid groups (broad SMARTS) is 1. The second-order valence-corrected chi connectivity index (χ2v) is 5.13. The summed E-state index contributed by atoms with van der Waals surface area (Å²) in [6.07, 6.45) is 10.7. The maximum Gasteiger partial charge on any atom is 1.00 e. The first-order valence-corrected chi connectivity index (χ1v) is 6.90. The van der Waals surface area contributed by atoms with Crippen molar-refractivity contribution in [3.05, 3.63) is 0 Å². The normalized spacial score (nSPS) is 17.8. The molecule has 18 heavy (non-hydrogen) atoms. The summed E-state index contributed by atoms with van der Waals surface area (Å²) >= 11 is 0. The van der Waals surface area contributed by atoms with Crippen LogP contribution in [0.25, 0.3) is 0 Å². The molecule has 4 heteroatoms. The molecule has 98 valence electrons. The minimum atomic E-state index is -0.868. The Morgan fingerprint density at radius 3 is 2.39 bits per heavy atom. The number of carbonyl (C=O) groups excluding carboxylic acids is 2. The molecule has 1 saturated carbocycles. The average Bonchev–Trinajstić information content (AvgIpc) is 2.34. The quantitative estimate of drug-likeness (QED) is 0.323. The van der Waals surface area contributed by atoms with E-state index in [2.05, 4.69) is 0 Å². The molecule has 0 saturated heterocycles. The Hall–Kier alpha value is 0.140. The monoisotopic (exact) mass is 262 g/mol. The predicted octanol–water partition coefficient (Wildman–Crippen LogP) is -0.914. The summed E-state index contributed by atoms with van der Waals surface area (Å²) < 4.78 is 0. The molecule has 0 aromatic carbocycles. The van der Waals surface area contributed by atoms with Crippen molar-refractivity contribution in [3.63, 3.8) is 0 Å². The second kappa shape index (κ2) is 11.0. The van der Waals surface area contributed by atoms with E-state index in [0.29, 0.717) is 12.3 Å². The van der Waals surface area contributed by atoms with Crippen LogP contribution in [0.3, 0.4) is 0 Å². The summed E-state index contributed by atoms with van der Waals surface area (Å²) in [6, 6.07) is 0. The third-order valence-corrected chi connectivity index (χ3v) is 3.86. The summed E-state index contributed by atoms with van der Waals surface area (Å²) in [4.78, 5) is 21.3. The zero-order valence-corrected chi connectivity index (χ0v) is 13.5. The van der Waals surface area contributed by atoms with Gasteiger partial charge in [-0.25, -0.2) is 0 Å². The smallest absolute Gasteiger partial charge is 0.550 e. The largest absolute Gasteiger partial charge is 1.00 e. The van der Waals surface area contributed by atoms with Crippen LogP contribution in [0.1, 0.15) is 64.2 Å². The molecule has 0 radical (unpaired) electrons. The molecule has 1 aliphatic rings. The van der Waals surface area contributed by atoms with Gasteiger partial charge >= 0.3 is 29.6 Å². The first-order valence-electron chi connectivity index (χ1n) is 6.90. The molecule has 1 atom stereocenters. The molecule has 0 amide bonds. The molecule has 0 aromatic rings. The Labute approximate surface area is 132 Å². The summed E-state index contributed by atoms with van der Waals surface area (Å²) in [5.41, 5.74) is 0. The van der Waals surface area contributed by atoms with Gasteiger partial charge in [0.15, 0.2) is 0 Å². The van der Waals surface area contributed by atoms with Crippen LogP contribution in [0, 0.1) is 11.8 Å². The van der Waals surface area contributed by atoms with E-state index in [1.54, 1.807) is 0 Å². The second-order valence-electron chi connectivity index (χ2n) is 5.13. The molecule has 0 spiro atoms. The Balaban J connectivity index is 0.00000289. The van der Waals surface area contributed by atoms with E-state index in [1.807, 2.05) is 0 Å². The van der Waals surface area contributed by atoms with Crippen molar-refractivity contribution >= 4 is 12.3 Å².